The lowest BCUT2D eigenvalue weighted by molar-refractivity contribution is 0.0561. The molecule has 0 aliphatic carbocycles. The molecule has 0 spiro atoms. The third-order valence-electron chi connectivity index (χ3n) is 6.25. The molecule has 2 nitrogen and oxygen atoms in total. The molecule has 0 saturated carbocycles. The van der Waals surface area contributed by atoms with Gasteiger partial charge in [0.25, 0.3) is 0 Å². The van der Waals surface area contributed by atoms with Crippen molar-refractivity contribution < 1.29 is 9.84 Å². The predicted molar refractivity (Wildman–Crippen MR) is 125 cm³/mol. The van der Waals surface area contributed by atoms with Crippen LogP contribution in [0.3, 0.4) is 0 Å². The normalized spacial score (nSPS) is 20.0. The number of aryl methyl sites for hydroxylation is 2. The van der Waals surface area contributed by atoms with E-state index in [0.717, 1.165) is 48.5 Å². The van der Waals surface area contributed by atoms with Crippen molar-refractivity contribution in [1.29, 1.82) is 0 Å². The fourth-order valence-corrected chi connectivity index (χ4v) is 4.29. The van der Waals surface area contributed by atoms with E-state index in [-0.39, 0.29) is 5.60 Å². The van der Waals surface area contributed by atoms with E-state index in [1.54, 1.807) is 6.07 Å². The van der Waals surface area contributed by atoms with Gasteiger partial charge in [0.2, 0.25) is 0 Å². The molecule has 1 aromatic carbocycles. The van der Waals surface area contributed by atoms with Gasteiger partial charge in [0.15, 0.2) is 0 Å². The number of allylic oxidation sites excluding steroid dienone is 4. The van der Waals surface area contributed by atoms with Crippen LogP contribution in [0.1, 0.15) is 97.1 Å². The number of ether oxygens (including phenoxy) is 1. The van der Waals surface area contributed by atoms with Crippen molar-refractivity contribution in [3.8, 4) is 11.5 Å². The zero-order valence-electron chi connectivity index (χ0n) is 19.6. The average Bonchev–Trinajstić information content (AvgIpc) is 2.62. The minimum Gasteiger partial charge on any atom is -0.508 e. The van der Waals surface area contributed by atoms with Crippen molar-refractivity contribution >= 4 is 0 Å². The largest absolute Gasteiger partial charge is 0.508 e. The molecule has 1 heterocycles. The first kappa shape index (κ1) is 23.6. The number of benzene rings is 1. The number of rotatable bonds is 10. The summed E-state index contributed by atoms with van der Waals surface area (Å²) in [5.41, 5.74) is 5.03. The van der Waals surface area contributed by atoms with Crippen molar-refractivity contribution in [1.82, 2.24) is 0 Å². The first-order chi connectivity index (χ1) is 13.7. The van der Waals surface area contributed by atoms with Crippen LogP contribution < -0.4 is 4.74 Å². The highest BCUT2D eigenvalue weighted by Crippen LogP contribution is 2.39. The lowest BCUT2D eigenvalue weighted by Gasteiger charge is -2.36. The molecule has 0 radical (unpaired) electrons. The monoisotopic (exact) mass is 398 g/mol. The molecular formula is C27H42O2. The van der Waals surface area contributed by atoms with Crippen molar-refractivity contribution in [3.05, 3.63) is 46.6 Å². The van der Waals surface area contributed by atoms with Crippen LogP contribution in [0.25, 0.3) is 0 Å². The summed E-state index contributed by atoms with van der Waals surface area (Å²) < 4.78 is 6.41. The number of phenolic OH excluding ortho intramolecular Hbond substituents is 1. The minimum absolute atomic E-state index is 0.106. The van der Waals surface area contributed by atoms with Crippen molar-refractivity contribution in [2.45, 2.75) is 105 Å². The molecule has 0 bridgehead atoms. The summed E-state index contributed by atoms with van der Waals surface area (Å²) in [5.74, 6) is 2.15. The van der Waals surface area contributed by atoms with Crippen molar-refractivity contribution in [2.75, 3.05) is 0 Å². The van der Waals surface area contributed by atoms with Gasteiger partial charge in [-0.3, -0.25) is 0 Å². The zero-order valence-corrected chi connectivity index (χ0v) is 19.6. The molecule has 0 saturated heterocycles. The highest BCUT2D eigenvalue weighted by Gasteiger charge is 2.31. The van der Waals surface area contributed by atoms with Crippen LogP contribution in [-0.2, 0) is 6.42 Å². The third-order valence-corrected chi connectivity index (χ3v) is 6.25. The van der Waals surface area contributed by atoms with E-state index in [0.29, 0.717) is 5.75 Å². The van der Waals surface area contributed by atoms with Crippen LogP contribution in [0.15, 0.2) is 35.4 Å². The molecule has 1 aromatic rings. The van der Waals surface area contributed by atoms with Gasteiger partial charge in [0.05, 0.1) is 0 Å². The number of hydrogen-bond acceptors (Lipinski definition) is 2. The summed E-state index contributed by atoms with van der Waals surface area (Å²) >= 11 is 0. The Morgan fingerprint density at radius 1 is 1.17 bits per heavy atom. The standard InChI is InChI=1S/C27H42O2/c1-20(2)10-7-11-21(3)12-8-13-22(4)14-9-16-27(6)17-15-24-19-25(28)18-23(5)26(24)29-27/h10,14,18-19,21,28H,7-9,11-13,15-17H2,1-6H3/t21-,27-/m1/s1. The Kier molecular flexibility index (Phi) is 8.86. The van der Waals surface area contributed by atoms with Gasteiger partial charge in [-0.15, -0.1) is 0 Å². The van der Waals surface area contributed by atoms with Gasteiger partial charge in [-0.2, -0.15) is 0 Å². The fourth-order valence-electron chi connectivity index (χ4n) is 4.29. The Balaban J connectivity index is 1.74. The summed E-state index contributed by atoms with van der Waals surface area (Å²) in [5, 5.41) is 9.81. The molecule has 0 aromatic heterocycles. The number of fused-ring (bicyclic) bond motifs is 1. The predicted octanol–water partition coefficient (Wildman–Crippen LogP) is 8.06. The first-order valence-electron chi connectivity index (χ1n) is 11.5. The van der Waals surface area contributed by atoms with Crippen molar-refractivity contribution in [2.24, 2.45) is 5.92 Å². The maximum atomic E-state index is 9.81. The van der Waals surface area contributed by atoms with Crippen LogP contribution >= 0.6 is 0 Å². The quantitative estimate of drug-likeness (QED) is 0.404. The van der Waals surface area contributed by atoms with Crippen LogP contribution in [0, 0.1) is 12.8 Å². The molecular weight excluding hydrogens is 356 g/mol. The van der Waals surface area contributed by atoms with Gasteiger partial charge < -0.3 is 9.84 Å². The van der Waals surface area contributed by atoms with Crippen LogP contribution in [0.4, 0.5) is 0 Å². The van der Waals surface area contributed by atoms with Gasteiger partial charge in [-0.1, -0.05) is 36.6 Å². The average molecular weight is 399 g/mol. The molecule has 29 heavy (non-hydrogen) atoms. The number of phenols is 1. The second-order valence-corrected chi connectivity index (χ2v) is 9.75. The van der Waals surface area contributed by atoms with E-state index in [2.05, 4.69) is 46.8 Å². The summed E-state index contributed by atoms with van der Waals surface area (Å²) in [7, 11) is 0. The van der Waals surface area contributed by atoms with Gasteiger partial charge in [0.1, 0.15) is 17.1 Å². The maximum absolute atomic E-state index is 9.81. The number of hydrogen-bond donors (Lipinski definition) is 1. The van der Waals surface area contributed by atoms with Crippen LogP contribution in [-0.4, -0.2) is 10.7 Å². The molecule has 162 valence electrons. The van der Waals surface area contributed by atoms with Gasteiger partial charge in [-0.05, 0) is 115 Å². The molecule has 0 unspecified atom stereocenters. The van der Waals surface area contributed by atoms with E-state index >= 15 is 0 Å². The Labute approximate surface area is 179 Å². The van der Waals surface area contributed by atoms with Gasteiger partial charge >= 0.3 is 0 Å². The molecule has 2 rings (SSSR count). The van der Waals surface area contributed by atoms with E-state index in [4.69, 9.17) is 4.74 Å². The maximum Gasteiger partial charge on any atom is 0.126 e. The van der Waals surface area contributed by atoms with E-state index in [9.17, 15) is 5.11 Å². The fraction of sp³-hybridized carbons (Fsp3) is 0.630. The SMILES string of the molecule is CC(C)=CCC[C@@H](C)CCCC(C)=CCC[C@]1(C)CCc2cc(O)cc(C)c2O1. The van der Waals surface area contributed by atoms with Crippen molar-refractivity contribution in [3.63, 3.8) is 0 Å². The first-order valence-corrected chi connectivity index (χ1v) is 11.5. The lowest BCUT2D eigenvalue weighted by Crippen LogP contribution is -2.36. The van der Waals surface area contributed by atoms with Crippen LogP contribution in [0.2, 0.25) is 0 Å². The summed E-state index contributed by atoms with van der Waals surface area (Å²) in [6.07, 6.45) is 15.3. The molecule has 0 fully saturated rings. The molecule has 2 atom stereocenters. The summed E-state index contributed by atoms with van der Waals surface area (Å²) in [4.78, 5) is 0. The van der Waals surface area contributed by atoms with E-state index < -0.39 is 0 Å². The molecule has 1 aliphatic rings. The Morgan fingerprint density at radius 3 is 2.66 bits per heavy atom. The molecule has 1 aliphatic heterocycles. The highest BCUT2D eigenvalue weighted by atomic mass is 16.5. The zero-order chi connectivity index (χ0) is 21.4. The number of aromatic hydroxyl groups is 1. The smallest absolute Gasteiger partial charge is 0.126 e. The molecule has 0 amide bonds. The Hall–Kier alpha value is -1.70. The third kappa shape index (κ3) is 7.91. The molecule has 1 N–H and O–H groups in total. The Bertz CT molecular complexity index is 724. The van der Waals surface area contributed by atoms with Gasteiger partial charge in [-0.25, -0.2) is 0 Å². The Morgan fingerprint density at radius 2 is 1.93 bits per heavy atom. The topological polar surface area (TPSA) is 29.5 Å². The second-order valence-electron chi connectivity index (χ2n) is 9.75. The highest BCUT2D eigenvalue weighted by molar-refractivity contribution is 5.47. The summed E-state index contributed by atoms with van der Waals surface area (Å²) in [6.45, 7) is 13.3. The van der Waals surface area contributed by atoms with E-state index in [1.807, 2.05) is 13.0 Å². The van der Waals surface area contributed by atoms with Crippen LogP contribution in [0.5, 0.6) is 11.5 Å². The summed E-state index contributed by atoms with van der Waals surface area (Å²) in [6, 6.07) is 3.65. The van der Waals surface area contributed by atoms with E-state index in [1.165, 1.54) is 43.3 Å². The van der Waals surface area contributed by atoms with Gasteiger partial charge in [0, 0.05) is 0 Å². The second kappa shape index (κ2) is 10.9. The lowest BCUT2D eigenvalue weighted by atomic mass is 9.87. The minimum atomic E-state index is -0.106. The molecule has 2 heteroatoms.